The van der Waals surface area contributed by atoms with Crippen molar-refractivity contribution in [2.75, 3.05) is 0 Å². The van der Waals surface area contributed by atoms with Crippen molar-refractivity contribution in [3.8, 4) is 0 Å². The minimum atomic E-state index is -0.400. The molecule has 106 valence electrons. The van der Waals surface area contributed by atoms with E-state index in [2.05, 4.69) is 24.3 Å². The maximum absolute atomic E-state index is 6.55. The largest absolute Gasteiger partial charge is 0.318 e. The van der Waals surface area contributed by atoms with Crippen molar-refractivity contribution >= 4 is 11.6 Å². The zero-order valence-electron chi connectivity index (χ0n) is 11.8. The number of benzene rings is 1. The molecule has 2 heteroatoms. The summed E-state index contributed by atoms with van der Waals surface area (Å²) in [6.45, 7) is 0. The molecule has 1 unspecified atom stereocenters. The fourth-order valence-electron chi connectivity index (χ4n) is 3.40. The van der Waals surface area contributed by atoms with Crippen molar-refractivity contribution in [3.05, 3.63) is 58.7 Å². The van der Waals surface area contributed by atoms with E-state index in [0.29, 0.717) is 0 Å². The molecule has 0 saturated heterocycles. The maximum Gasteiger partial charge on any atom is 0.0634 e. The molecule has 3 rings (SSSR count). The summed E-state index contributed by atoms with van der Waals surface area (Å²) in [5, 5.41) is 0.753. The minimum Gasteiger partial charge on any atom is -0.318 e. The van der Waals surface area contributed by atoms with Crippen LogP contribution >= 0.6 is 11.6 Å². The van der Waals surface area contributed by atoms with Crippen LogP contribution in [0.1, 0.15) is 44.1 Å². The molecule has 20 heavy (non-hydrogen) atoms. The van der Waals surface area contributed by atoms with Crippen LogP contribution in [0.5, 0.6) is 0 Å². The molecule has 2 aliphatic carbocycles. The van der Waals surface area contributed by atoms with Crippen molar-refractivity contribution in [2.45, 2.75) is 44.1 Å². The zero-order chi connectivity index (χ0) is 14.0. The molecule has 1 aromatic rings. The Morgan fingerprint density at radius 1 is 1.15 bits per heavy atom. The van der Waals surface area contributed by atoms with Crippen LogP contribution in [0.25, 0.3) is 0 Å². The van der Waals surface area contributed by atoms with E-state index in [-0.39, 0.29) is 0 Å². The van der Waals surface area contributed by atoms with E-state index >= 15 is 0 Å². The smallest absolute Gasteiger partial charge is 0.0634 e. The van der Waals surface area contributed by atoms with E-state index in [4.69, 9.17) is 17.3 Å². The molecule has 0 amide bonds. The number of halogens is 1. The highest BCUT2D eigenvalue weighted by molar-refractivity contribution is 6.30. The third kappa shape index (κ3) is 2.84. The van der Waals surface area contributed by atoms with Crippen LogP contribution in [-0.2, 0) is 5.54 Å². The quantitative estimate of drug-likeness (QED) is 0.817. The lowest BCUT2D eigenvalue weighted by atomic mass is 9.77. The fraction of sp³-hybridized carbons (Fsp3) is 0.444. The molecular weight excluding hydrogens is 266 g/mol. The van der Waals surface area contributed by atoms with E-state index in [1.165, 1.54) is 37.7 Å². The number of allylic oxidation sites excluding steroid dienone is 2. The second kappa shape index (κ2) is 5.75. The van der Waals surface area contributed by atoms with Crippen LogP contribution in [0.15, 0.2) is 48.1 Å². The molecule has 0 heterocycles. The van der Waals surface area contributed by atoms with Gasteiger partial charge < -0.3 is 5.73 Å². The van der Waals surface area contributed by atoms with Gasteiger partial charge in [0, 0.05) is 5.02 Å². The van der Waals surface area contributed by atoms with E-state index in [9.17, 15) is 0 Å². The summed E-state index contributed by atoms with van der Waals surface area (Å²) in [6, 6.07) is 7.91. The first-order valence-electron chi connectivity index (χ1n) is 7.62. The highest BCUT2D eigenvalue weighted by atomic mass is 35.5. The van der Waals surface area contributed by atoms with E-state index in [0.717, 1.165) is 22.9 Å². The van der Waals surface area contributed by atoms with Crippen molar-refractivity contribution in [2.24, 2.45) is 11.7 Å². The van der Waals surface area contributed by atoms with Gasteiger partial charge in [-0.2, -0.15) is 0 Å². The Hall–Kier alpha value is -1.05. The Morgan fingerprint density at radius 2 is 1.95 bits per heavy atom. The summed E-state index contributed by atoms with van der Waals surface area (Å²) in [5.41, 5.74) is 8.74. The van der Waals surface area contributed by atoms with E-state index < -0.39 is 5.54 Å². The first kappa shape index (κ1) is 13.9. The summed E-state index contributed by atoms with van der Waals surface area (Å²) < 4.78 is 0. The Labute approximate surface area is 126 Å². The third-order valence-corrected chi connectivity index (χ3v) is 4.92. The van der Waals surface area contributed by atoms with Crippen LogP contribution in [0.3, 0.4) is 0 Å². The molecule has 1 aromatic carbocycles. The molecular formula is C18H22ClN. The second-order valence-corrected chi connectivity index (χ2v) is 6.56. The fourth-order valence-corrected chi connectivity index (χ4v) is 3.59. The zero-order valence-corrected chi connectivity index (χ0v) is 12.6. The highest BCUT2D eigenvalue weighted by Gasteiger charge is 2.27. The molecule has 2 aliphatic rings. The summed E-state index contributed by atoms with van der Waals surface area (Å²) in [6.07, 6.45) is 14.5. The molecule has 2 N–H and O–H groups in total. The Morgan fingerprint density at radius 3 is 2.60 bits per heavy atom. The Kier molecular flexibility index (Phi) is 4.00. The molecule has 0 aliphatic heterocycles. The molecule has 0 spiro atoms. The van der Waals surface area contributed by atoms with Crippen molar-refractivity contribution in [3.63, 3.8) is 0 Å². The van der Waals surface area contributed by atoms with Gasteiger partial charge in [0.1, 0.15) is 0 Å². The van der Waals surface area contributed by atoms with Gasteiger partial charge >= 0.3 is 0 Å². The van der Waals surface area contributed by atoms with Gasteiger partial charge in [0.15, 0.2) is 0 Å². The predicted molar refractivity (Wildman–Crippen MR) is 85.7 cm³/mol. The lowest BCUT2D eigenvalue weighted by Crippen LogP contribution is -2.35. The number of rotatable bonds is 2. The van der Waals surface area contributed by atoms with Gasteiger partial charge in [-0.05, 0) is 48.4 Å². The van der Waals surface area contributed by atoms with Crippen LogP contribution in [-0.4, -0.2) is 0 Å². The standard InChI is InChI=1S/C18H22ClN/c19-17-8-4-7-16(13-17)18(20)11-9-15(10-12-18)14-5-2-1-3-6-14/h4,7-11,13-14H,1-3,5-6,12,20H2. The lowest BCUT2D eigenvalue weighted by Gasteiger charge is -2.31. The second-order valence-electron chi connectivity index (χ2n) is 6.13. The van der Waals surface area contributed by atoms with Crippen molar-refractivity contribution in [1.29, 1.82) is 0 Å². The number of nitrogens with two attached hydrogens (primary N) is 1. The van der Waals surface area contributed by atoms with Crippen molar-refractivity contribution in [1.82, 2.24) is 0 Å². The molecule has 1 atom stereocenters. The Balaban J connectivity index is 1.77. The summed E-state index contributed by atoms with van der Waals surface area (Å²) in [7, 11) is 0. The molecule has 0 radical (unpaired) electrons. The van der Waals surface area contributed by atoms with Gasteiger partial charge in [0.25, 0.3) is 0 Å². The SMILES string of the molecule is NC1(c2cccc(Cl)c2)C=CC(C2CCCCC2)=CC1. The molecule has 0 bridgehead atoms. The van der Waals surface area contributed by atoms with Gasteiger partial charge in [0.2, 0.25) is 0 Å². The average molecular weight is 288 g/mol. The van der Waals surface area contributed by atoms with E-state index in [1.54, 1.807) is 0 Å². The van der Waals surface area contributed by atoms with Crippen molar-refractivity contribution < 1.29 is 0 Å². The van der Waals surface area contributed by atoms with Crippen LogP contribution in [0.4, 0.5) is 0 Å². The molecule has 1 nitrogen and oxygen atoms in total. The van der Waals surface area contributed by atoms with Gasteiger partial charge in [0.05, 0.1) is 5.54 Å². The van der Waals surface area contributed by atoms with Crippen LogP contribution in [0, 0.1) is 5.92 Å². The summed E-state index contributed by atoms with van der Waals surface area (Å²) in [5.74, 6) is 0.754. The lowest BCUT2D eigenvalue weighted by molar-refractivity contribution is 0.403. The first-order chi connectivity index (χ1) is 9.67. The van der Waals surface area contributed by atoms with Gasteiger partial charge in [-0.15, -0.1) is 0 Å². The summed E-state index contributed by atoms with van der Waals surface area (Å²) >= 11 is 6.08. The van der Waals surface area contributed by atoms with Gasteiger partial charge in [-0.25, -0.2) is 0 Å². The van der Waals surface area contributed by atoms with Gasteiger partial charge in [-0.1, -0.05) is 61.2 Å². The Bertz CT molecular complexity index is 540. The molecule has 0 aromatic heterocycles. The number of hydrogen-bond donors (Lipinski definition) is 1. The normalized spacial score (nSPS) is 27.4. The third-order valence-electron chi connectivity index (χ3n) is 4.69. The molecule has 1 saturated carbocycles. The van der Waals surface area contributed by atoms with Crippen LogP contribution in [0.2, 0.25) is 5.02 Å². The predicted octanol–water partition coefficient (Wildman–Crippen LogP) is 4.96. The average Bonchev–Trinajstić information content (AvgIpc) is 2.49. The maximum atomic E-state index is 6.55. The van der Waals surface area contributed by atoms with Gasteiger partial charge in [-0.3, -0.25) is 0 Å². The highest BCUT2D eigenvalue weighted by Crippen LogP contribution is 2.36. The van der Waals surface area contributed by atoms with E-state index in [1.807, 2.05) is 18.2 Å². The number of hydrogen-bond acceptors (Lipinski definition) is 1. The monoisotopic (exact) mass is 287 g/mol. The van der Waals surface area contributed by atoms with Crippen LogP contribution < -0.4 is 5.73 Å². The summed E-state index contributed by atoms with van der Waals surface area (Å²) in [4.78, 5) is 0. The minimum absolute atomic E-state index is 0.400. The molecule has 1 fully saturated rings. The first-order valence-corrected chi connectivity index (χ1v) is 7.99. The topological polar surface area (TPSA) is 26.0 Å².